The van der Waals surface area contributed by atoms with Gasteiger partial charge in [0.2, 0.25) is 0 Å². The molecule has 0 saturated heterocycles. The zero-order valence-corrected chi connectivity index (χ0v) is 50.5. The molecule has 2 nitrogen and oxygen atoms in total. The van der Waals surface area contributed by atoms with E-state index in [1.54, 1.807) is 10.4 Å². The van der Waals surface area contributed by atoms with Crippen LogP contribution in [0, 0.1) is 0 Å². The summed E-state index contributed by atoms with van der Waals surface area (Å²) in [7, 11) is -13.7. The first-order chi connectivity index (χ1) is 21.7. The molecule has 2 heterocycles. The molecule has 0 fully saturated rings. The van der Waals surface area contributed by atoms with Gasteiger partial charge in [0.05, 0.1) is 0 Å². The van der Waals surface area contributed by atoms with Crippen molar-refractivity contribution in [2.75, 3.05) is 0 Å². The zero-order chi connectivity index (χ0) is 39.6. The molecule has 0 unspecified atom stereocenters. The molecule has 0 bridgehead atoms. The van der Waals surface area contributed by atoms with Crippen LogP contribution in [0.4, 0.5) is 0 Å². The number of hydrogen-bond donors (Lipinski definition) is 0. The van der Waals surface area contributed by atoms with E-state index in [1.807, 2.05) is 8.79 Å². The van der Waals surface area contributed by atoms with Gasteiger partial charge in [-0.15, -0.1) is 0 Å². The summed E-state index contributed by atoms with van der Waals surface area (Å²) in [5, 5.41) is 3.13. The SMILES string of the molecule is CC1=c2ccc3[c]([c]2[Ge]([CH]([Si](C)(C)C)[Si](C)(C)C)([CH]([Si](C)(C)C)[Si](C)(C)C)[O]1)[Ge]([CH]([Si](C)(C)C)[Si](C)(C)C)([CH]([Si](C)(C)C)[Si](C)(C)C)[O]C=3C. The standard InChI is InChI=1S/C38H84Ge2O2Si8/c1-29-31-27-28-32-30(2)42-40(37(47(15,16)17)48(18,19)20,38(49(21,22)23)50(24,25)26)34(32)33(31)39(41-29,35(43(3,4)5)44(6,7)8)36(45(9,10)11)46(12,13)14/h27-28,35-38H,1-26H3. The van der Waals surface area contributed by atoms with Crippen molar-refractivity contribution < 1.29 is 7.53 Å². The Hall–Kier alpha value is 1.38. The summed E-state index contributed by atoms with van der Waals surface area (Å²) in [5.74, 6) is 2.61. The number of rotatable bonds is 12. The first-order valence-electron chi connectivity index (χ1n) is 19.9. The van der Waals surface area contributed by atoms with Crippen LogP contribution >= 0.6 is 0 Å². The molecule has 0 aliphatic carbocycles. The Labute approximate surface area is 326 Å². The van der Waals surface area contributed by atoms with Crippen molar-refractivity contribution in [2.24, 2.45) is 0 Å². The molecule has 0 atom stereocenters. The monoisotopic (exact) mass is 944 g/mol. The normalized spacial score (nSPS) is 19.1. The Kier molecular flexibility index (Phi) is 12.4. The maximum atomic E-state index is 8.36. The molecule has 0 amide bonds. The second-order valence-electron chi connectivity index (χ2n) is 25.5. The molecular formula is C38H84Ge2O2Si8. The van der Waals surface area contributed by atoms with Crippen molar-refractivity contribution in [3.05, 3.63) is 22.6 Å². The van der Waals surface area contributed by atoms with Crippen molar-refractivity contribution in [2.45, 2.75) is 187 Å². The van der Waals surface area contributed by atoms with Gasteiger partial charge in [0.25, 0.3) is 0 Å². The first-order valence-corrected chi connectivity index (χ1v) is 57.2. The van der Waals surface area contributed by atoms with E-state index in [4.69, 9.17) is 7.53 Å². The fraction of sp³-hybridized carbons (Fsp3) is 0.789. The molecule has 3 rings (SSSR count). The minimum atomic E-state index is -3.54. The Morgan fingerprint density at radius 3 is 0.640 bits per heavy atom. The van der Waals surface area contributed by atoms with E-state index in [2.05, 4.69) is 183 Å². The molecule has 1 aromatic rings. The fourth-order valence-electron chi connectivity index (χ4n) is 14.2. The molecule has 0 spiro atoms. The van der Waals surface area contributed by atoms with Gasteiger partial charge in [0.1, 0.15) is 0 Å². The van der Waals surface area contributed by atoms with Crippen LogP contribution in [0.15, 0.2) is 12.1 Å². The van der Waals surface area contributed by atoms with Gasteiger partial charge in [-0.1, -0.05) is 0 Å². The molecule has 12 heteroatoms. The van der Waals surface area contributed by atoms with Crippen LogP contribution in [0.3, 0.4) is 0 Å². The molecule has 50 heavy (non-hydrogen) atoms. The van der Waals surface area contributed by atoms with Crippen LogP contribution in [-0.4, -0.2) is 91.8 Å². The first kappa shape index (κ1) is 45.8. The van der Waals surface area contributed by atoms with E-state index < -0.39 is 91.8 Å². The molecule has 2 aliphatic heterocycles. The average Bonchev–Trinajstić information content (AvgIpc) is 3.16. The Balaban J connectivity index is 3.00. The van der Waals surface area contributed by atoms with Crippen LogP contribution in [0.25, 0.3) is 11.5 Å². The van der Waals surface area contributed by atoms with Crippen LogP contribution in [-0.2, 0) is 7.53 Å². The topological polar surface area (TPSA) is 18.5 Å². The maximum absolute atomic E-state index is 8.36. The van der Waals surface area contributed by atoms with E-state index in [0.717, 1.165) is 16.0 Å². The van der Waals surface area contributed by atoms with Crippen molar-refractivity contribution in [3.63, 3.8) is 0 Å². The van der Waals surface area contributed by atoms with Crippen molar-refractivity contribution in [1.29, 1.82) is 0 Å². The van der Waals surface area contributed by atoms with E-state index in [1.165, 1.54) is 11.5 Å². The second kappa shape index (κ2) is 13.5. The van der Waals surface area contributed by atoms with Crippen LogP contribution in [0.1, 0.15) is 13.8 Å². The van der Waals surface area contributed by atoms with E-state index >= 15 is 0 Å². The molecular weight excluding hydrogens is 858 g/mol. The quantitative estimate of drug-likeness (QED) is 0.194. The number of hydrogen-bond acceptors (Lipinski definition) is 2. The predicted molar refractivity (Wildman–Crippen MR) is 259 cm³/mol. The molecule has 0 radical (unpaired) electrons. The zero-order valence-electron chi connectivity index (χ0n) is 38.3. The van der Waals surface area contributed by atoms with Crippen molar-refractivity contribution in [1.82, 2.24) is 0 Å². The summed E-state index contributed by atoms with van der Waals surface area (Å²) < 4.78 is 23.7. The Bertz CT molecular complexity index is 1350. The van der Waals surface area contributed by atoms with Crippen LogP contribution < -0.4 is 19.2 Å². The molecule has 0 N–H and O–H groups in total. The second-order valence-corrected chi connectivity index (χ2v) is 94.4. The minimum absolute atomic E-state index is 0.789. The van der Waals surface area contributed by atoms with Gasteiger partial charge in [0, 0.05) is 0 Å². The van der Waals surface area contributed by atoms with Crippen LogP contribution in [0.5, 0.6) is 0 Å². The summed E-state index contributed by atoms with van der Waals surface area (Å²) >= 11 is -7.09. The Morgan fingerprint density at radius 2 is 0.500 bits per heavy atom. The van der Waals surface area contributed by atoms with Crippen LogP contribution in [0.2, 0.25) is 173 Å². The fourth-order valence-corrected chi connectivity index (χ4v) is 170. The van der Waals surface area contributed by atoms with Crippen molar-refractivity contribution >= 4 is 112 Å². The van der Waals surface area contributed by atoms with Gasteiger partial charge < -0.3 is 0 Å². The third-order valence-corrected chi connectivity index (χ3v) is 125. The summed E-state index contributed by atoms with van der Waals surface area (Å²) in [4.78, 5) is 0. The summed E-state index contributed by atoms with van der Waals surface area (Å²) in [6.45, 7) is 71.1. The number of benzene rings is 1. The van der Waals surface area contributed by atoms with Gasteiger partial charge in [-0.2, -0.15) is 0 Å². The molecule has 0 aromatic heterocycles. The van der Waals surface area contributed by atoms with E-state index in [9.17, 15) is 0 Å². The van der Waals surface area contributed by atoms with Gasteiger partial charge in [-0.25, -0.2) is 0 Å². The van der Waals surface area contributed by atoms with Crippen molar-refractivity contribution in [3.8, 4) is 0 Å². The third kappa shape index (κ3) is 7.98. The summed E-state index contributed by atoms with van der Waals surface area (Å²) in [5.41, 5.74) is 0. The number of fused-ring (bicyclic) bond motifs is 3. The van der Waals surface area contributed by atoms with Gasteiger partial charge in [0.15, 0.2) is 0 Å². The predicted octanol–water partition coefficient (Wildman–Crippen LogP) is 10.8. The van der Waals surface area contributed by atoms with E-state index in [-0.39, 0.29) is 0 Å². The summed E-state index contributed by atoms with van der Waals surface area (Å²) in [6.07, 6.45) is 0. The summed E-state index contributed by atoms with van der Waals surface area (Å²) in [6, 6.07) is 5.16. The molecule has 1 aromatic carbocycles. The third-order valence-electron chi connectivity index (χ3n) is 12.0. The van der Waals surface area contributed by atoms with Gasteiger partial charge in [-0.3, -0.25) is 0 Å². The van der Waals surface area contributed by atoms with E-state index in [0.29, 0.717) is 0 Å². The molecule has 0 saturated carbocycles. The molecule has 2 aliphatic rings. The van der Waals surface area contributed by atoms with Gasteiger partial charge in [-0.05, 0) is 0 Å². The van der Waals surface area contributed by atoms with Gasteiger partial charge >= 0.3 is 329 Å². The molecule has 288 valence electrons. The average molecular weight is 943 g/mol. The Morgan fingerprint density at radius 1 is 0.340 bits per heavy atom.